The maximum absolute atomic E-state index is 10.6. The van der Waals surface area contributed by atoms with Crippen LogP contribution in [0.25, 0.3) is 0 Å². The molecule has 0 bridgehead atoms. The number of halogens is 3. The van der Waals surface area contributed by atoms with Gasteiger partial charge in [0.2, 0.25) is 5.95 Å². The third kappa shape index (κ3) is 6.41. The Bertz CT molecular complexity index is 689. The first-order valence-electron chi connectivity index (χ1n) is 6.72. The summed E-state index contributed by atoms with van der Waals surface area (Å²) in [7, 11) is 1.82. The molecule has 24 heavy (non-hydrogen) atoms. The number of thiophene rings is 1. The van der Waals surface area contributed by atoms with E-state index in [1.807, 2.05) is 20.0 Å². The highest BCUT2D eigenvalue weighted by atomic mass is 32.1. The monoisotopic (exact) mass is 362 g/mol. The van der Waals surface area contributed by atoms with Gasteiger partial charge < -0.3 is 15.7 Å². The zero-order valence-electron chi connectivity index (χ0n) is 13.2. The van der Waals surface area contributed by atoms with E-state index in [-0.39, 0.29) is 0 Å². The SMILES string of the molecule is CNc1nc(C)cc(NCc2cscc2C)n1.O=C(O)C(F)(F)F. The summed E-state index contributed by atoms with van der Waals surface area (Å²) < 4.78 is 31.7. The first-order valence-corrected chi connectivity index (χ1v) is 7.67. The molecule has 0 aliphatic carbocycles. The van der Waals surface area contributed by atoms with Crippen LogP contribution in [0.3, 0.4) is 0 Å². The molecule has 0 amide bonds. The van der Waals surface area contributed by atoms with Gasteiger partial charge in [-0.15, -0.1) is 0 Å². The molecule has 132 valence electrons. The van der Waals surface area contributed by atoms with Crippen molar-refractivity contribution < 1.29 is 23.1 Å². The van der Waals surface area contributed by atoms with Crippen LogP contribution in [0.15, 0.2) is 16.8 Å². The Kier molecular flexibility index (Phi) is 6.96. The molecule has 10 heteroatoms. The molecule has 0 aromatic carbocycles. The maximum Gasteiger partial charge on any atom is 0.490 e. The number of rotatable bonds is 4. The number of hydrogen-bond donors (Lipinski definition) is 3. The van der Waals surface area contributed by atoms with Gasteiger partial charge in [-0.25, -0.2) is 9.78 Å². The van der Waals surface area contributed by atoms with Crippen molar-refractivity contribution in [2.24, 2.45) is 0 Å². The Hall–Kier alpha value is -2.36. The second-order valence-corrected chi connectivity index (χ2v) is 5.45. The molecule has 0 aliphatic heterocycles. The van der Waals surface area contributed by atoms with Crippen LogP contribution in [0, 0.1) is 13.8 Å². The number of carboxylic acid groups (broad SMARTS) is 1. The van der Waals surface area contributed by atoms with Crippen molar-refractivity contribution in [1.29, 1.82) is 0 Å². The number of alkyl halides is 3. The van der Waals surface area contributed by atoms with Crippen LogP contribution in [0.2, 0.25) is 0 Å². The van der Waals surface area contributed by atoms with Crippen LogP contribution >= 0.6 is 11.3 Å². The first kappa shape index (κ1) is 19.7. The number of nitrogens with one attached hydrogen (secondary N) is 2. The van der Waals surface area contributed by atoms with E-state index in [0.717, 1.165) is 18.1 Å². The lowest BCUT2D eigenvalue weighted by molar-refractivity contribution is -0.192. The summed E-state index contributed by atoms with van der Waals surface area (Å²) in [6, 6.07) is 1.95. The van der Waals surface area contributed by atoms with Crippen LogP contribution in [-0.2, 0) is 11.3 Å². The van der Waals surface area contributed by atoms with Gasteiger partial charge in [0, 0.05) is 25.4 Å². The Balaban J connectivity index is 0.000000351. The van der Waals surface area contributed by atoms with Gasteiger partial charge in [-0.05, 0) is 35.7 Å². The lowest BCUT2D eigenvalue weighted by Gasteiger charge is -2.08. The van der Waals surface area contributed by atoms with E-state index < -0.39 is 12.1 Å². The largest absolute Gasteiger partial charge is 0.490 e. The lowest BCUT2D eigenvalue weighted by atomic mass is 10.2. The van der Waals surface area contributed by atoms with Crippen LogP contribution in [0.4, 0.5) is 24.9 Å². The van der Waals surface area contributed by atoms with E-state index in [1.54, 1.807) is 11.3 Å². The third-order valence-electron chi connectivity index (χ3n) is 2.74. The van der Waals surface area contributed by atoms with Gasteiger partial charge in [0.1, 0.15) is 5.82 Å². The van der Waals surface area contributed by atoms with Crippen LogP contribution in [0.5, 0.6) is 0 Å². The molecule has 2 aromatic heterocycles. The van der Waals surface area contributed by atoms with Gasteiger partial charge in [0.05, 0.1) is 0 Å². The fraction of sp³-hybridized carbons (Fsp3) is 0.357. The topological polar surface area (TPSA) is 87.1 Å². The van der Waals surface area contributed by atoms with Crippen molar-refractivity contribution in [3.05, 3.63) is 33.6 Å². The number of hydrogen-bond acceptors (Lipinski definition) is 6. The van der Waals surface area contributed by atoms with Crippen molar-refractivity contribution in [2.45, 2.75) is 26.6 Å². The number of aromatic nitrogens is 2. The summed E-state index contributed by atoms with van der Waals surface area (Å²) in [5.74, 6) is -1.26. The van der Waals surface area contributed by atoms with Crippen molar-refractivity contribution in [3.8, 4) is 0 Å². The predicted molar refractivity (Wildman–Crippen MR) is 86.4 cm³/mol. The minimum atomic E-state index is -5.08. The molecular formula is C14H17F3N4O2S. The highest BCUT2D eigenvalue weighted by molar-refractivity contribution is 7.08. The maximum atomic E-state index is 10.6. The molecule has 2 rings (SSSR count). The Labute approximate surface area is 140 Å². The summed E-state index contributed by atoms with van der Waals surface area (Å²) in [4.78, 5) is 17.5. The number of nitrogens with zero attached hydrogens (tertiary/aromatic N) is 2. The molecule has 2 aromatic rings. The van der Waals surface area contributed by atoms with E-state index in [1.165, 1.54) is 11.1 Å². The highest BCUT2D eigenvalue weighted by Gasteiger charge is 2.38. The average Bonchev–Trinajstić information content (AvgIpc) is 2.89. The number of carboxylic acids is 1. The van der Waals surface area contributed by atoms with Gasteiger partial charge in [0.25, 0.3) is 0 Å². The number of carbonyl (C=O) groups is 1. The minimum Gasteiger partial charge on any atom is -0.475 e. The number of aryl methyl sites for hydroxylation is 2. The Morgan fingerprint density at radius 3 is 2.38 bits per heavy atom. The standard InChI is InChI=1S/C12H16N4S.C2HF3O2/c1-8-6-17-7-10(8)5-14-11-4-9(2)15-12(13-3)16-11;3-2(4,5)1(6)7/h4,6-7H,5H2,1-3H3,(H2,13,14,15,16);(H,6,7). The fourth-order valence-electron chi connectivity index (χ4n) is 1.52. The van der Waals surface area contributed by atoms with Crippen LogP contribution in [0.1, 0.15) is 16.8 Å². The van der Waals surface area contributed by atoms with Gasteiger partial charge in [0.15, 0.2) is 0 Å². The second kappa shape index (κ2) is 8.48. The van der Waals surface area contributed by atoms with E-state index in [2.05, 4.69) is 38.3 Å². The van der Waals surface area contributed by atoms with E-state index in [4.69, 9.17) is 9.90 Å². The molecule has 0 radical (unpaired) electrons. The lowest BCUT2D eigenvalue weighted by Crippen LogP contribution is -2.21. The summed E-state index contributed by atoms with van der Waals surface area (Å²) in [6.07, 6.45) is -5.08. The zero-order chi connectivity index (χ0) is 18.3. The van der Waals surface area contributed by atoms with Gasteiger partial charge in [-0.2, -0.15) is 29.5 Å². The molecule has 2 heterocycles. The molecular weight excluding hydrogens is 345 g/mol. The zero-order valence-corrected chi connectivity index (χ0v) is 14.0. The molecule has 0 saturated heterocycles. The van der Waals surface area contributed by atoms with Crippen molar-refractivity contribution in [2.75, 3.05) is 17.7 Å². The number of aliphatic carboxylic acids is 1. The van der Waals surface area contributed by atoms with E-state index >= 15 is 0 Å². The quantitative estimate of drug-likeness (QED) is 0.772. The van der Waals surface area contributed by atoms with Gasteiger partial charge >= 0.3 is 12.1 Å². The van der Waals surface area contributed by atoms with Crippen molar-refractivity contribution in [1.82, 2.24) is 9.97 Å². The van der Waals surface area contributed by atoms with E-state index in [0.29, 0.717) is 5.95 Å². The normalized spacial score (nSPS) is 10.6. The van der Waals surface area contributed by atoms with Gasteiger partial charge in [-0.3, -0.25) is 0 Å². The molecule has 0 unspecified atom stereocenters. The Morgan fingerprint density at radius 2 is 1.92 bits per heavy atom. The molecule has 0 fully saturated rings. The summed E-state index contributed by atoms with van der Waals surface area (Å²) >= 11 is 1.73. The summed E-state index contributed by atoms with van der Waals surface area (Å²) in [6.45, 7) is 4.89. The first-order chi connectivity index (χ1) is 11.1. The van der Waals surface area contributed by atoms with E-state index in [9.17, 15) is 13.2 Å². The predicted octanol–water partition coefficient (Wildman–Crippen LogP) is 3.44. The average molecular weight is 362 g/mol. The second-order valence-electron chi connectivity index (χ2n) is 4.70. The minimum absolute atomic E-state index is 0.648. The molecule has 3 N–H and O–H groups in total. The smallest absolute Gasteiger partial charge is 0.475 e. The van der Waals surface area contributed by atoms with Crippen LogP contribution < -0.4 is 10.6 Å². The van der Waals surface area contributed by atoms with Crippen LogP contribution in [-0.4, -0.2) is 34.3 Å². The van der Waals surface area contributed by atoms with Gasteiger partial charge in [-0.1, -0.05) is 0 Å². The van der Waals surface area contributed by atoms with Crippen molar-refractivity contribution in [3.63, 3.8) is 0 Å². The Morgan fingerprint density at radius 1 is 1.29 bits per heavy atom. The highest BCUT2D eigenvalue weighted by Crippen LogP contribution is 2.16. The van der Waals surface area contributed by atoms with Crippen molar-refractivity contribution >= 4 is 29.1 Å². The third-order valence-corrected chi connectivity index (χ3v) is 3.65. The molecule has 6 nitrogen and oxygen atoms in total. The molecule has 0 aliphatic rings. The molecule has 0 atom stereocenters. The fourth-order valence-corrected chi connectivity index (χ4v) is 2.38. The summed E-state index contributed by atoms with van der Waals surface area (Å²) in [5, 5.41) is 17.7. The number of anilines is 2. The molecule has 0 saturated carbocycles. The summed E-state index contributed by atoms with van der Waals surface area (Å²) in [5.41, 5.74) is 3.59. The molecule has 0 spiro atoms.